The van der Waals surface area contributed by atoms with E-state index in [0.717, 1.165) is 16.5 Å². The zero-order valence-corrected chi connectivity index (χ0v) is 13.2. The molecule has 0 unspecified atom stereocenters. The molecule has 8 heteroatoms. The molecule has 1 aromatic carbocycles. The van der Waals surface area contributed by atoms with E-state index >= 15 is 0 Å². The average molecular weight is 365 g/mol. The predicted octanol–water partition coefficient (Wildman–Crippen LogP) is 3.05. The molecule has 0 bridgehead atoms. The van der Waals surface area contributed by atoms with Crippen molar-refractivity contribution in [2.24, 2.45) is 0 Å². The molecule has 0 aliphatic rings. The van der Waals surface area contributed by atoms with E-state index in [2.05, 4.69) is 26.1 Å². The lowest BCUT2D eigenvalue weighted by Crippen LogP contribution is -2.07. The summed E-state index contributed by atoms with van der Waals surface area (Å²) in [5.41, 5.74) is 0.788. The standard InChI is InChI=1S/C11H11BrClN3O2S/c1-2-7-16-10(8-3-5-9(12)6-4-8)14-15-11(16)19(13,17)18/h3-6H,2,7H2,1H3. The number of hydrogen-bond acceptors (Lipinski definition) is 4. The van der Waals surface area contributed by atoms with Crippen LogP contribution in [0.5, 0.6) is 0 Å². The maximum atomic E-state index is 11.5. The van der Waals surface area contributed by atoms with Gasteiger partial charge in [0, 0.05) is 27.3 Å². The summed E-state index contributed by atoms with van der Waals surface area (Å²) >= 11 is 3.34. The van der Waals surface area contributed by atoms with E-state index in [-0.39, 0.29) is 5.16 Å². The summed E-state index contributed by atoms with van der Waals surface area (Å²) in [6.45, 7) is 2.43. The van der Waals surface area contributed by atoms with Crippen LogP contribution in [-0.4, -0.2) is 23.2 Å². The minimum atomic E-state index is -3.90. The molecule has 2 rings (SSSR count). The summed E-state index contributed by atoms with van der Waals surface area (Å²) in [4.78, 5) is 0. The van der Waals surface area contributed by atoms with Crippen molar-refractivity contribution in [1.29, 1.82) is 0 Å². The first-order chi connectivity index (χ1) is 8.93. The number of benzene rings is 1. The Bertz CT molecular complexity index is 682. The first-order valence-corrected chi connectivity index (χ1v) is 8.67. The SMILES string of the molecule is CCCn1c(-c2ccc(Br)cc2)nnc1S(=O)(=O)Cl. The highest BCUT2D eigenvalue weighted by Gasteiger charge is 2.22. The van der Waals surface area contributed by atoms with Gasteiger partial charge in [-0.25, -0.2) is 8.42 Å². The van der Waals surface area contributed by atoms with Crippen LogP contribution in [0, 0.1) is 0 Å². The number of hydrogen-bond donors (Lipinski definition) is 0. The van der Waals surface area contributed by atoms with Gasteiger partial charge < -0.3 is 0 Å². The second-order valence-electron chi connectivity index (χ2n) is 3.90. The molecule has 0 atom stereocenters. The van der Waals surface area contributed by atoms with E-state index in [0.29, 0.717) is 12.4 Å². The molecule has 0 spiro atoms. The Kier molecular flexibility index (Phi) is 4.27. The van der Waals surface area contributed by atoms with Gasteiger partial charge in [-0.15, -0.1) is 10.2 Å². The summed E-state index contributed by atoms with van der Waals surface area (Å²) in [6, 6.07) is 7.39. The van der Waals surface area contributed by atoms with Gasteiger partial charge in [0.2, 0.25) is 0 Å². The van der Waals surface area contributed by atoms with E-state index < -0.39 is 9.05 Å². The summed E-state index contributed by atoms with van der Waals surface area (Å²) in [5, 5.41) is 7.41. The third kappa shape index (κ3) is 3.16. The molecule has 0 N–H and O–H groups in total. The maximum absolute atomic E-state index is 11.5. The Morgan fingerprint density at radius 2 is 1.89 bits per heavy atom. The Labute approximate surface area is 124 Å². The van der Waals surface area contributed by atoms with Gasteiger partial charge in [-0.2, -0.15) is 0 Å². The van der Waals surface area contributed by atoms with E-state index in [1.54, 1.807) is 0 Å². The van der Waals surface area contributed by atoms with Crippen LogP contribution in [0.15, 0.2) is 33.9 Å². The molecule has 0 aliphatic heterocycles. The fourth-order valence-electron chi connectivity index (χ4n) is 1.71. The lowest BCUT2D eigenvalue weighted by atomic mass is 10.2. The predicted molar refractivity (Wildman–Crippen MR) is 76.5 cm³/mol. The first-order valence-electron chi connectivity index (χ1n) is 5.57. The molecule has 102 valence electrons. The number of aromatic nitrogens is 3. The minimum absolute atomic E-state index is 0.214. The van der Waals surface area contributed by atoms with Gasteiger partial charge in [-0.1, -0.05) is 35.0 Å². The van der Waals surface area contributed by atoms with Crippen LogP contribution in [0.2, 0.25) is 0 Å². The molecular weight excluding hydrogens is 354 g/mol. The summed E-state index contributed by atoms with van der Waals surface area (Å²) < 4.78 is 25.4. The molecule has 0 fully saturated rings. The van der Waals surface area contributed by atoms with E-state index in [1.165, 1.54) is 4.57 Å². The third-order valence-electron chi connectivity index (χ3n) is 2.48. The van der Waals surface area contributed by atoms with Crippen molar-refractivity contribution in [1.82, 2.24) is 14.8 Å². The topological polar surface area (TPSA) is 64.8 Å². The molecule has 0 aliphatic carbocycles. The molecule has 0 radical (unpaired) electrons. The van der Waals surface area contributed by atoms with E-state index in [1.807, 2.05) is 31.2 Å². The van der Waals surface area contributed by atoms with Crippen molar-refractivity contribution < 1.29 is 8.42 Å². The summed E-state index contributed by atoms with van der Waals surface area (Å²) in [5.74, 6) is 0.494. The Morgan fingerprint density at radius 3 is 2.42 bits per heavy atom. The fraction of sp³-hybridized carbons (Fsp3) is 0.273. The minimum Gasteiger partial charge on any atom is -0.297 e. The molecule has 5 nitrogen and oxygen atoms in total. The van der Waals surface area contributed by atoms with Gasteiger partial charge in [0.1, 0.15) is 0 Å². The van der Waals surface area contributed by atoms with E-state index in [9.17, 15) is 8.42 Å². The Balaban J connectivity index is 2.58. The fourth-order valence-corrected chi connectivity index (χ4v) is 2.89. The number of nitrogens with zero attached hydrogens (tertiary/aromatic N) is 3. The van der Waals surface area contributed by atoms with Crippen LogP contribution >= 0.6 is 26.6 Å². The van der Waals surface area contributed by atoms with Crippen molar-refractivity contribution >= 4 is 35.7 Å². The molecule has 0 amide bonds. The Morgan fingerprint density at radius 1 is 1.26 bits per heavy atom. The molecule has 1 aromatic heterocycles. The zero-order chi connectivity index (χ0) is 14.0. The van der Waals surface area contributed by atoms with Gasteiger partial charge in [0.25, 0.3) is 14.2 Å². The highest BCUT2D eigenvalue weighted by atomic mass is 79.9. The van der Waals surface area contributed by atoms with Crippen LogP contribution in [-0.2, 0) is 15.6 Å². The van der Waals surface area contributed by atoms with Crippen molar-refractivity contribution in [3.05, 3.63) is 28.7 Å². The smallest absolute Gasteiger partial charge is 0.296 e. The number of rotatable bonds is 4. The Hall–Kier alpha value is -0.920. The van der Waals surface area contributed by atoms with Gasteiger partial charge in [-0.05, 0) is 18.6 Å². The largest absolute Gasteiger partial charge is 0.297 e. The average Bonchev–Trinajstić information content (AvgIpc) is 2.74. The molecule has 1 heterocycles. The zero-order valence-electron chi connectivity index (χ0n) is 10.0. The highest BCUT2D eigenvalue weighted by Crippen LogP contribution is 2.24. The molecule has 2 aromatic rings. The lowest BCUT2D eigenvalue weighted by molar-refractivity contribution is 0.570. The molecule has 19 heavy (non-hydrogen) atoms. The van der Waals surface area contributed by atoms with Crippen molar-refractivity contribution in [3.8, 4) is 11.4 Å². The summed E-state index contributed by atoms with van der Waals surface area (Å²) in [6.07, 6.45) is 0.751. The lowest BCUT2D eigenvalue weighted by Gasteiger charge is -2.07. The molecule has 0 saturated carbocycles. The first kappa shape index (κ1) is 14.5. The van der Waals surface area contributed by atoms with Gasteiger partial charge in [0.05, 0.1) is 0 Å². The van der Waals surface area contributed by atoms with E-state index in [4.69, 9.17) is 10.7 Å². The second-order valence-corrected chi connectivity index (χ2v) is 7.28. The van der Waals surface area contributed by atoms with Crippen molar-refractivity contribution in [2.45, 2.75) is 25.0 Å². The second kappa shape index (κ2) is 5.60. The molecule has 0 saturated heterocycles. The van der Waals surface area contributed by atoms with Gasteiger partial charge >= 0.3 is 0 Å². The maximum Gasteiger partial charge on any atom is 0.296 e. The summed E-state index contributed by atoms with van der Waals surface area (Å²) in [7, 11) is 1.47. The van der Waals surface area contributed by atoms with Crippen LogP contribution in [0.3, 0.4) is 0 Å². The highest BCUT2D eigenvalue weighted by molar-refractivity contribution is 9.10. The van der Waals surface area contributed by atoms with Crippen LogP contribution in [0.4, 0.5) is 0 Å². The normalized spacial score (nSPS) is 11.7. The number of halogens is 2. The third-order valence-corrected chi connectivity index (χ3v) is 4.17. The van der Waals surface area contributed by atoms with Gasteiger partial charge in [0.15, 0.2) is 5.82 Å². The monoisotopic (exact) mass is 363 g/mol. The quantitative estimate of drug-likeness (QED) is 0.782. The molecular formula is C11H11BrClN3O2S. The van der Waals surface area contributed by atoms with Crippen molar-refractivity contribution in [3.63, 3.8) is 0 Å². The van der Waals surface area contributed by atoms with Crippen LogP contribution < -0.4 is 0 Å². The van der Waals surface area contributed by atoms with Crippen LogP contribution in [0.25, 0.3) is 11.4 Å². The van der Waals surface area contributed by atoms with Gasteiger partial charge in [-0.3, -0.25) is 4.57 Å². The van der Waals surface area contributed by atoms with Crippen molar-refractivity contribution in [2.75, 3.05) is 0 Å². The van der Waals surface area contributed by atoms with Crippen LogP contribution in [0.1, 0.15) is 13.3 Å².